The second-order valence-electron chi connectivity index (χ2n) is 5.98. The first-order valence-corrected chi connectivity index (χ1v) is 10.5. The van der Waals surface area contributed by atoms with E-state index in [4.69, 9.17) is 10.9 Å². The molecule has 0 aliphatic heterocycles. The van der Waals surface area contributed by atoms with E-state index in [1.807, 2.05) is 19.1 Å². The number of H-pyrrole nitrogens is 1. The van der Waals surface area contributed by atoms with E-state index in [-0.39, 0.29) is 6.04 Å². The monoisotopic (exact) mass is 378 g/mol. The summed E-state index contributed by atoms with van der Waals surface area (Å²) >= 11 is 1.09. The smallest absolute Gasteiger partial charge is 0.206 e. The minimum atomic E-state index is -1.11. The summed E-state index contributed by atoms with van der Waals surface area (Å²) in [4.78, 5) is 1.48. The molecule has 1 aliphatic rings. The zero-order chi connectivity index (χ0) is 17.8. The fourth-order valence-corrected chi connectivity index (χ4v) is 5.06. The third kappa shape index (κ3) is 3.84. The quantitative estimate of drug-likeness (QED) is 0.659. The maximum Gasteiger partial charge on any atom is 0.206 e. The summed E-state index contributed by atoms with van der Waals surface area (Å²) in [5, 5.41) is 20.4. The number of tetrazole rings is 1. The van der Waals surface area contributed by atoms with Crippen LogP contribution in [0.25, 0.3) is 17.0 Å². The van der Waals surface area contributed by atoms with Crippen molar-refractivity contribution in [1.29, 1.82) is 0 Å². The maximum absolute atomic E-state index is 12.6. The minimum Gasteiger partial charge on any atom is -0.327 e. The van der Waals surface area contributed by atoms with Gasteiger partial charge >= 0.3 is 0 Å². The van der Waals surface area contributed by atoms with Crippen LogP contribution < -0.4 is 10.9 Å². The number of benzene rings is 1. The molecule has 1 heterocycles. The first-order valence-electron chi connectivity index (χ1n) is 8.26. The van der Waals surface area contributed by atoms with Crippen LogP contribution >= 0.6 is 11.9 Å². The molecule has 1 aliphatic carbocycles. The van der Waals surface area contributed by atoms with E-state index in [0.717, 1.165) is 58.5 Å². The molecule has 1 aromatic carbocycles. The Balaban J connectivity index is 2.17. The van der Waals surface area contributed by atoms with E-state index in [9.17, 15) is 4.21 Å². The maximum atomic E-state index is 12.6. The standard InChI is InChI=1S/C16H22N6OS2/c1-2-9-25(23)13-8-7-12(10-3-5-11(17)6-4-10)14(15(13)24-18)16-19-21-22-20-16/h3,7-8,11H,2,4-6,9,17-18H2,1H3,(H,19,20,21,22). The number of allylic oxidation sites excluding steroid dienone is 1. The molecule has 2 atom stereocenters. The van der Waals surface area contributed by atoms with Crippen molar-refractivity contribution in [2.24, 2.45) is 10.9 Å². The number of nitrogens with two attached hydrogens (primary N) is 2. The van der Waals surface area contributed by atoms with Crippen LogP contribution in [0.2, 0.25) is 0 Å². The summed E-state index contributed by atoms with van der Waals surface area (Å²) in [6, 6.07) is 4.11. The zero-order valence-electron chi connectivity index (χ0n) is 14.1. The summed E-state index contributed by atoms with van der Waals surface area (Å²) in [5.74, 6) is 1.06. The molecule has 2 aromatic rings. The minimum absolute atomic E-state index is 0.206. The number of hydrogen-bond donors (Lipinski definition) is 3. The van der Waals surface area contributed by atoms with Crippen molar-refractivity contribution in [2.45, 2.75) is 48.4 Å². The van der Waals surface area contributed by atoms with Crippen LogP contribution in [0.3, 0.4) is 0 Å². The van der Waals surface area contributed by atoms with E-state index in [2.05, 4.69) is 26.7 Å². The Labute approximate surface area is 153 Å². The Bertz CT molecular complexity index is 790. The SMILES string of the molecule is CCCS(=O)c1ccc(C2=CCC(N)CC2)c(-c2nn[nH]n2)c1SN. The van der Waals surface area contributed by atoms with Gasteiger partial charge in [-0.05, 0) is 60.0 Å². The molecule has 0 amide bonds. The van der Waals surface area contributed by atoms with Gasteiger partial charge < -0.3 is 5.73 Å². The number of nitrogens with zero attached hydrogens (tertiary/aromatic N) is 3. The molecule has 9 heteroatoms. The van der Waals surface area contributed by atoms with E-state index in [1.165, 1.54) is 5.57 Å². The van der Waals surface area contributed by atoms with Gasteiger partial charge in [0.1, 0.15) is 0 Å². The topological polar surface area (TPSA) is 124 Å². The van der Waals surface area contributed by atoms with Gasteiger partial charge in [-0.3, -0.25) is 9.35 Å². The Morgan fingerprint density at radius 3 is 2.88 bits per heavy atom. The van der Waals surface area contributed by atoms with Gasteiger partial charge in [-0.15, -0.1) is 10.2 Å². The second-order valence-corrected chi connectivity index (χ2v) is 8.17. The molecular formula is C16H22N6OS2. The lowest BCUT2D eigenvalue weighted by Crippen LogP contribution is -2.21. The Morgan fingerprint density at radius 1 is 1.44 bits per heavy atom. The molecule has 134 valence electrons. The van der Waals surface area contributed by atoms with Gasteiger partial charge in [0.25, 0.3) is 0 Å². The summed E-state index contributed by atoms with van der Waals surface area (Å²) < 4.78 is 12.6. The number of aromatic nitrogens is 4. The highest BCUT2D eigenvalue weighted by molar-refractivity contribution is 7.98. The molecule has 0 radical (unpaired) electrons. The van der Waals surface area contributed by atoms with Crippen LogP contribution in [0.15, 0.2) is 28.0 Å². The average molecular weight is 379 g/mol. The number of nitrogens with one attached hydrogen (secondary N) is 1. The zero-order valence-corrected chi connectivity index (χ0v) is 15.7. The van der Waals surface area contributed by atoms with Crippen molar-refractivity contribution in [2.75, 3.05) is 5.75 Å². The van der Waals surface area contributed by atoms with E-state index >= 15 is 0 Å². The highest BCUT2D eigenvalue weighted by atomic mass is 32.2. The lowest BCUT2D eigenvalue weighted by atomic mass is 9.88. The molecule has 0 bridgehead atoms. The van der Waals surface area contributed by atoms with E-state index in [0.29, 0.717) is 11.6 Å². The van der Waals surface area contributed by atoms with Crippen LogP contribution in [-0.2, 0) is 10.8 Å². The lowest BCUT2D eigenvalue weighted by Gasteiger charge is -2.21. The normalized spacial score (nSPS) is 18.8. The molecule has 5 N–H and O–H groups in total. The van der Waals surface area contributed by atoms with Crippen molar-refractivity contribution >= 4 is 28.3 Å². The first-order chi connectivity index (χ1) is 12.2. The summed E-state index contributed by atoms with van der Waals surface area (Å²) in [6.07, 6.45) is 5.67. The molecule has 3 rings (SSSR count). The Hall–Kier alpha value is -1.55. The van der Waals surface area contributed by atoms with Crippen molar-refractivity contribution in [3.8, 4) is 11.4 Å². The number of rotatable bonds is 6. The molecule has 1 aromatic heterocycles. The molecule has 7 nitrogen and oxygen atoms in total. The van der Waals surface area contributed by atoms with Gasteiger partial charge in [0.15, 0.2) is 0 Å². The summed E-state index contributed by atoms with van der Waals surface area (Å²) in [5.41, 5.74) is 9.02. The van der Waals surface area contributed by atoms with Gasteiger partial charge in [-0.25, -0.2) is 0 Å². The molecule has 2 unspecified atom stereocenters. The fourth-order valence-electron chi connectivity index (χ4n) is 3.01. The van der Waals surface area contributed by atoms with E-state index in [1.54, 1.807) is 0 Å². The van der Waals surface area contributed by atoms with Crippen molar-refractivity contribution < 1.29 is 4.21 Å². The van der Waals surface area contributed by atoms with Crippen LogP contribution in [0.1, 0.15) is 38.2 Å². The van der Waals surface area contributed by atoms with Crippen LogP contribution in [0, 0.1) is 0 Å². The van der Waals surface area contributed by atoms with Gasteiger partial charge in [0.2, 0.25) is 5.82 Å². The van der Waals surface area contributed by atoms with Crippen LogP contribution in [-0.4, -0.2) is 36.6 Å². The Morgan fingerprint density at radius 2 is 2.28 bits per heavy atom. The van der Waals surface area contributed by atoms with Crippen LogP contribution in [0.4, 0.5) is 0 Å². The molecule has 0 spiro atoms. The molecule has 25 heavy (non-hydrogen) atoms. The van der Waals surface area contributed by atoms with Crippen molar-refractivity contribution in [3.05, 3.63) is 23.8 Å². The highest BCUT2D eigenvalue weighted by Crippen LogP contribution is 2.40. The highest BCUT2D eigenvalue weighted by Gasteiger charge is 2.24. The van der Waals surface area contributed by atoms with Gasteiger partial charge in [0, 0.05) is 17.4 Å². The molecule has 0 saturated carbocycles. The predicted molar refractivity (Wildman–Crippen MR) is 101 cm³/mol. The van der Waals surface area contributed by atoms with Crippen molar-refractivity contribution in [1.82, 2.24) is 20.6 Å². The molecular weight excluding hydrogens is 356 g/mol. The summed E-state index contributed by atoms with van der Waals surface area (Å²) in [6.45, 7) is 2.01. The van der Waals surface area contributed by atoms with E-state index < -0.39 is 10.8 Å². The number of hydrogen-bond acceptors (Lipinski definition) is 7. The molecule has 0 saturated heterocycles. The van der Waals surface area contributed by atoms with Gasteiger partial charge in [0.05, 0.1) is 20.6 Å². The first kappa shape index (κ1) is 18.2. The second kappa shape index (κ2) is 8.22. The largest absolute Gasteiger partial charge is 0.327 e. The lowest BCUT2D eigenvalue weighted by molar-refractivity contribution is 0.614. The average Bonchev–Trinajstić information content (AvgIpc) is 3.15. The third-order valence-corrected chi connectivity index (χ3v) is 6.64. The molecule has 0 fully saturated rings. The fraction of sp³-hybridized carbons (Fsp3) is 0.438. The van der Waals surface area contributed by atoms with Gasteiger partial charge in [-0.1, -0.05) is 19.1 Å². The van der Waals surface area contributed by atoms with Crippen molar-refractivity contribution in [3.63, 3.8) is 0 Å². The number of aromatic amines is 1. The Kier molecular flexibility index (Phi) is 6.00. The third-order valence-electron chi connectivity index (χ3n) is 4.24. The predicted octanol–water partition coefficient (Wildman–Crippen LogP) is 2.24. The van der Waals surface area contributed by atoms with Crippen LogP contribution in [0.5, 0.6) is 0 Å². The summed E-state index contributed by atoms with van der Waals surface area (Å²) in [7, 11) is -1.11. The van der Waals surface area contributed by atoms with Gasteiger partial charge in [-0.2, -0.15) is 5.21 Å².